The molecular formula is C18H27NO6. The molecule has 0 fully saturated rings. The molecule has 0 aromatic heterocycles. The molecule has 0 amide bonds. The van der Waals surface area contributed by atoms with Crippen molar-refractivity contribution in [3.05, 3.63) is 47.9 Å². The van der Waals surface area contributed by atoms with Gasteiger partial charge in [0.1, 0.15) is 12.2 Å². The molecule has 4 unspecified atom stereocenters. The summed E-state index contributed by atoms with van der Waals surface area (Å²) in [4.78, 5) is 0. The van der Waals surface area contributed by atoms with E-state index < -0.39 is 23.8 Å². The number of allylic oxidation sites excluding steroid dienone is 2. The van der Waals surface area contributed by atoms with Crippen LogP contribution in [-0.4, -0.2) is 61.4 Å². The number of nitrogens with one attached hydrogen (secondary N) is 1. The van der Waals surface area contributed by atoms with E-state index in [2.05, 4.69) is 5.32 Å². The Hall–Kier alpha value is -1.48. The van der Waals surface area contributed by atoms with Crippen LogP contribution in [0.1, 0.15) is 13.8 Å². The van der Waals surface area contributed by atoms with Gasteiger partial charge in [0.2, 0.25) is 11.6 Å². The Morgan fingerprint density at radius 1 is 1.04 bits per heavy atom. The molecule has 0 spiro atoms. The highest BCUT2D eigenvalue weighted by molar-refractivity contribution is 5.36. The second-order valence-corrected chi connectivity index (χ2v) is 5.68. The zero-order valence-corrected chi connectivity index (χ0v) is 15.1. The molecule has 0 heterocycles. The molecule has 140 valence electrons. The quantitative estimate of drug-likeness (QED) is 0.560. The summed E-state index contributed by atoms with van der Waals surface area (Å²) >= 11 is 0. The molecule has 7 nitrogen and oxygen atoms in total. The minimum atomic E-state index is -1.49. The van der Waals surface area contributed by atoms with Crippen LogP contribution in [0.3, 0.4) is 0 Å². The number of hydrogen-bond donors (Lipinski definition) is 3. The lowest BCUT2D eigenvalue weighted by Crippen LogP contribution is -2.47. The van der Waals surface area contributed by atoms with Gasteiger partial charge in [0, 0.05) is 38.8 Å². The third-order valence-electron chi connectivity index (χ3n) is 4.09. The summed E-state index contributed by atoms with van der Waals surface area (Å²) in [5, 5.41) is 24.0. The summed E-state index contributed by atoms with van der Waals surface area (Å²) in [6.45, 7) is 4.40. The fraction of sp³-hybridized carbons (Fsp3) is 0.556. The van der Waals surface area contributed by atoms with Crippen molar-refractivity contribution in [3.8, 4) is 0 Å². The second kappa shape index (κ2) is 8.27. The highest BCUT2D eigenvalue weighted by atomic mass is 16.7. The fourth-order valence-corrected chi connectivity index (χ4v) is 2.83. The average Bonchev–Trinajstić information content (AvgIpc) is 2.59. The highest BCUT2D eigenvalue weighted by Crippen LogP contribution is 2.28. The summed E-state index contributed by atoms with van der Waals surface area (Å²) in [5.41, 5.74) is 1.38. The van der Waals surface area contributed by atoms with Crippen molar-refractivity contribution in [2.24, 2.45) is 0 Å². The van der Waals surface area contributed by atoms with E-state index in [1.54, 1.807) is 37.3 Å². The van der Waals surface area contributed by atoms with Crippen LogP contribution in [0.4, 0.5) is 0 Å². The van der Waals surface area contributed by atoms with E-state index in [1.807, 2.05) is 6.92 Å². The van der Waals surface area contributed by atoms with Crippen LogP contribution in [0, 0.1) is 0 Å². The van der Waals surface area contributed by atoms with Crippen LogP contribution in [0.5, 0.6) is 0 Å². The van der Waals surface area contributed by atoms with Gasteiger partial charge in [-0.05, 0) is 50.3 Å². The Morgan fingerprint density at radius 3 is 2.24 bits per heavy atom. The maximum atomic E-state index is 10.4. The maximum Gasteiger partial charge on any atom is 0.218 e. The Kier molecular flexibility index (Phi) is 6.56. The predicted molar refractivity (Wildman–Crippen MR) is 92.3 cm³/mol. The van der Waals surface area contributed by atoms with E-state index in [-0.39, 0.29) is 0 Å². The lowest BCUT2D eigenvalue weighted by atomic mass is 10.00. The first-order valence-corrected chi connectivity index (χ1v) is 8.28. The molecule has 0 radical (unpaired) electrons. The number of hydrogen-bond acceptors (Lipinski definition) is 7. The molecule has 0 aromatic carbocycles. The van der Waals surface area contributed by atoms with Gasteiger partial charge in [-0.25, -0.2) is 0 Å². The van der Waals surface area contributed by atoms with Crippen LogP contribution in [0.15, 0.2) is 47.9 Å². The molecule has 3 N–H and O–H groups in total. The van der Waals surface area contributed by atoms with Crippen LogP contribution in [0.25, 0.3) is 0 Å². The smallest absolute Gasteiger partial charge is 0.218 e. The van der Waals surface area contributed by atoms with Gasteiger partial charge in [-0.1, -0.05) is 0 Å². The third kappa shape index (κ3) is 4.20. The number of aliphatic hydroxyl groups excluding tert-OH is 1. The average molecular weight is 353 g/mol. The minimum Gasteiger partial charge on any atom is -0.383 e. The molecule has 7 heteroatoms. The van der Waals surface area contributed by atoms with Crippen LogP contribution >= 0.6 is 0 Å². The summed E-state index contributed by atoms with van der Waals surface area (Å²) in [6.07, 6.45) is 8.39. The van der Waals surface area contributed by atoms with Crippen molar-refractivity contribution in [2.45, 2.75) is 37.6 Å². The SMILES string of the molecule is CCOC1(O)C=CC(NC2=CC(O)C(OC)(OCC)C=C2)=CC1OC. The van der Waals surface area contributed by atoms with Gasteiger partial charge in [0.25, 0.3) is 0 Å². The molecule has 0 saturated carbocycles. The van der Waals surface area contributed by atoms with Gasteiger partial charge < -0.3 is 34.5 Å². The van der Waals surface area contributed by atoms with Crippen molar-refractivity contribution in [2.75, 3.05) is 27.4 Å². The van der Waals surface area contributed by atoms with Crippen molar-refractivity contribution in [1.29, 1.82) is 0 Å². The Bertz CT molecular complexity index is 584. The molecule has 25 heavy (non-hydrogen) atoms. The van der Waals surface area contributed by atoms with Crippen molar-refractivity contribution in [3.63, 3.8) is 0 Å². The number of rotatable bonds is 8. The van der Waals surface area contributed by atoms with Crippen LogP contribution < -0.4 is 5.32 Å². The van der Waals surface area contributed by atoms with E-state index in [0.29, 0.717) is 24.6 Å². The maximum absolute atomic E-state index is 10.4. The predicted octanol–water partition coefficient (Wildman–Crippen LogP) is 0.964. The summed E-state index contributed by atoms with van der Waals surface area (Å²) in [7, 11) is 2.99. The topological polar surface area (TPSA) is 89.4 Å². The van der Waals surface area contributed by atoms with E-state index >= 15 is 0 Å². The molecule has 0 aromatic rings. The molecule has 2 rings (SSSR count). The summed E-state index contributed by atoms with van der Waals surface area (Å²) in [6, 6.07) is 0. The van der Waals surface area contributed by atoms with Crippen molar-refractivity contribution >= 4 is 0 Å². The molecule has 0 bridgehead atoms. The normalized spacial score (nSPS) is 34.6. The van der Waals surface area contributed by atoms with E-state index in [0.717, 1.165) is 0 Å². The van der Waals surface area contributed by atoms with Gasteiger partial charge in [-0.2, -0.15) is 0 Å². The summed E-state index contributed by atoms with van der Waals surface area (Å²) < 4.78 is 21.5. The zero-order valence-electron chi connectivity index (χ0n) is 15.1. The van der Waals surface area contributed by atoms with Gasteiger partial charge in [0.05, 0.1) is 0 Å². The Labute approximate surface area is 148 Å². The van der Waals surface area contributed by atoms with Gasteiger partial charge in [-0.15, -0.1) is 0 Å². The van der Waals surface area contributed by atoms with Gasteiger partial charge in [-0.3, -0.25) is 0 Å². The number of methoxy groups -OCH3 is 2. The van der Waals surface area contributed by atoms with Gasteiger partial charge >= 0.3 is 0 Å². The first-order chi connectivity index (χ1) is 11.9. The first-order valence-electron chi connectivity index (χ1n) is 8.28. The monoisotopic (exact) mass is 353 g/mol. The largest absolute Gasteiger partial charge is 0.383 e. The van der Waals surface area contributed by atoms with Crippen LogP contribution in [0.2, 0.25) is 0 Å². The standard InChI is InChI=1S/C18H27NO6/c1-5-24-17(21)9-7-14(12-16(17)22-3)19-13-8-10-18(23-4,25-6-2)15(20)11-13/h7-12,15-16,19-21H,5-6H2,1-4H3. The number of ether oxygens (including phenoxy) is 4. The van der Waals surface area contributed by atoms with E-state index in [4.69, 9.17) is 18.9 Å². The lowest BCUT2D eigenvalue weighted by molar-refractivity contribution is -0.227. The highest BCUT2D eigenvalue weighted by Gasteiger charge is 2.39. The Morgan fingerprint density at radius 2 is 1.68 bits per heavy atom. The molecular weight excluding hydrogens is 326 g/mol. The van der Waals surface area contributed by atoms with E-state index in [1.165, 1.54) is 20.3 Å². The Balaban J connectivity index is 2.11. The van der Waals surface area contributed by atoms with Crippen molar-refractivity contribution < 1.29 is 29.2 Å². The lowest BCUT2D eigenvalue weighted by Gasteiger charge is -2.35. The van der Waals surface area contributed by atoms with Crippen LogP contribution in [-0.2, 0) is 18.9 Å². The molecule has 4 atom stereocenters. The fourth-order valence-electron chi connectivity index (χ4n) is 2.83. The third-order valence-corrected chi connectivity index (χ3v) is 4.09. The number of aliphatic hydroxyl groups is 2. The second-order valence-electron chi connectivity index (χ2n) is 5.68. The van der Waals surface area contributed by atoms with Gasteiger partial charge in [0.15, 0.2) is 0 Å². The van der Waals surface area contributed by atoms with E-state index in [9.17, 15) is 10.2 Å². The minimum absolute atomic E-state index is 0.355. The molecule has 2 aliphatic rings. The molecule has 0 saturated heterocycles. The molecule has 0 aliphatic heterocycles. The summed E-state index contributed by atoms with van der Waals surface area (Å²) in [5.74, 6) is -2.67. The van der Waals surface area contributed by atoms with Crippen molar-refractivity contribution in [1.82, 2.24) is 5.32 Å². The zero-order chi connectivity index (χ0) is 18.5. The molecule has 2 aliphatic carbocycles. The first kappa shape index (κ1) is 19.8.